The Balaban J connectivity index is 1.57. The molecule has 0 spiro atoms. The van der Waals surface area contributed by atoms with E-state index in [2.05, 4.69) is 15.3 Å². The maximum atomic E-state index is 12.6. The maximum absolute atomic E-state index is 12.6. The van der Waals surface area contributed by atoms with Gasteiger partial charge in [-0.2, -0.15) is 0 Å². The molecule has 0 atom stereocenters. The molecular formula is C20H14N4O3S2. The van der Waals surface area contributed by atoms with E-state index in [1.165, 1.54) is 23.9 Å². The number of amides is 1. The summed E-state index contributed by atoms with van der Waals surface area (Å²) in [4.78, 5) is 32.9. The fourth-order valence-corrected chi connectivity index (χ4v) is 4.15. The monoisotopic (exact) mass is 422 g/mol. The predicted molar refractivity (Wildman–Crippen MR) is 116 cm³/mol. The zero-order valence-electron chi connectivity index (χ0n) is 15.2. The summed E-state index contributed by atoms with van der Waals surface area (Å²) in [6.45, 7) is 0. The van der Waals surface area contributed by atoms with Gasteiger partial charge in [0, 0.05) is 22.7 Å². The molecule has 144 valence electrons. The average Bonchev–Trinajstić information content (AvgIpc) is 3.18. The number of carbonyl (C=O) groups excluding carboxylic acids is 1. The highest BCUT2D eigenvalue weighted by molar-refractivity contribution is 7.98. The first-order chi connectivity index (χ1) is 14.0. The third-order valence-electron chi connectivity index (χ3n) is 4.19. The van der Waals surface area contributed by atoms with Crippen molar-refractivity contribution < 1.29 is 9.72 Å². The molecule has 0 bridgehead atoms. The summed E-state index contributed by atoms with van der Waals surface area (Å²) in [5, 5.41) is 14.7. The molecule has 29 heavy (non-hydrogen) atoms. The topological polar surface area (TPSA) is 98.0 Å². The van der Waals surface area contributed by atoms with Crippen LogP contribution < -0.4 is 5.32 Å². The lowest BCUT2D eigenvalue weighted by Crippen LogP contribution is -2.15. The second kappa shape index (κ2) is 7.98. The number of nitrogens with one attached hydrogen (secondary N) is 1. The summed E-state index contributed by atoms with van der Waals surface area (Å²) in [7, 11) is 0. The minimum Gasteiger partial charge on any atom is -0.306 e. The van der Waals surface area contributed by atoms with Crippen molar-refractivity contribution in [1.29, 1.82) is 0 Å². The second-order valence-electron chi connectivity index (χ2n) is 6.01. The molecule has 4 aromatic rings. The van der Waals surface area contributed by atoms with Gasteiger partial charge in [-0.15, -0.1) is 23.1 Å². The molecule has 0 aliphatic rings. The number of nitrogens with zero attached hydrogens (tertiary/aromatic N) is 3. The van der Waals surface area contributed by atoms with E-state index in [1.807, 2.05) is 36.6 Å². The zero-order valence-corrected chi connectivity index (χ0v) is 16.8. The van der Waals surface area contributed by atoms with Crippen LogP contribution in [-0.4, -0.2) is 27.1 Å². The van der Waals surface area contributed by atoms with E-state index >= 15 is 0 Å². The Kier molecular flexibility index (Phi) is 5.24. The van der Waals surface area contributed by atoms with Gasteiger partial charge in [-0.05, 0) is 42.7 Å². The van der Waals surface area contributed by atoms with E-state index in [-0.39, 0.29) is 11.3 Å². The van der Waals surface area contributed by atoms with Crippen LogP contribution in [0.25, 0.3) is 20.8 Å². The van der Waals surface area contributed by atoms with Gasteiger partial charge < -0.3 is 5.32 Å². The molecule has 0 aliphatic heterocycles. The highest BCUT2D eigenvalue weighted by Crippen LogP contribution is 2.30. The minimum absolute atomic E-state index is 0.00102. The van der Waals surface area contributed by atoms with Crippen molar-refractivity contribution in [1.82, 2.24) is 9.97 Å². The van der Waals surface area contributed by atoms with Crippen molar-refractivity contribution in [2.45, 2.75) is 4.90 Å². The lowest BCUT2D eigenvalue weighted by atomic mass is 10.1. The van der Waals surface area contributed by atoms with Gasteiger partial charge in [-0.25, -0.2) is 9.97 Å². The molecule has 0 saturated carbocycles. The van der Waals surface area contributed by atoms with Gasteiger partial charge in [0.1, 0.15) is 16.4 Å². The Bertz CT molecular complexity index is 1190. The van der Waals surface area contributed by atoms with E-state index in [4.69, 9.17) is 0 Å². The van der Waals surface area contributed by atoms with Crippen molar-refractivity contribution in [2.75, 3.05) is 11.6 Å². The molecule has 0 fully saturated rings. The number of nitro groups is 1. The first kappa shape index (κ1) is 19.0. The average molecular weight is 422 g/mol. The van der Waals surface area contributed by atoms with Gasteiger partial charge in [-0.1, -0.05) is 12.1 Å². The number of rotatable bonds is 5. The van der Waals surface area contributed by atoms with E-state index in [0.29, 0.717) is 5.82 Å². The van der Waals surface area contributed by atoms with Gasteiger partial charge in [0.25, 0.3) is 11.6 Å². The Morgan fingerprint density at radius 2 is 2.00 bits per heavy atom. The summed E-state index contributed by atoms with van der Waals surface area (Å²) in [5.41, 5.74) is 1.51. The van der Waals surface area contributed by atoms with E-state index in [0.717, 1.165) is 25.7 Å². The van der Waals surface area contributed by atoms with Crippen molar-refractivity contribution >= 4 is 50.7 Å². The van der Waals surface area contributed by atoms with Crippen LogP contribution in [0.5, 0.6) is 0 Å². The minimum atomic E-state index is -0.576. The van der Waals surface area contributed by atoms with Crippen molar-refractivity contribution in [3.63, 3.8) is 0 Å². The maximum Gasteiger partial charge on any atom is 0.282 e. The number of hydrogen-bond donors (Lipinski definition) is 1. The molecule has 2 aromatic heterocycles. The smallest absolute Gasteiger partial charge is 0.282 e. The molecule has 1 amide bonds. The molecule has 9 heteroatoms. The molecule has 0 unspecified atom stereocenters. The highest BCUT2D eigenvalue weighted by Gasteiger charge is 2.21. The number of para-hydroxylation sites is 1. The number of anilines is 1. The lowest BCUT2D eigenvalue weighted by molar-refractivity contribution is -0.385. The second-order valence-corrected chi connectivity index (χ2v) is 7.92. The lowest BCUT2D eigenvalue weighted by Gasteiger charge is -2.07. The third-order valence-corrected chi connectivity index (χ3v) is 6.00. The van der Waals surface area contributed by atoms with Gasteiger partial charge in [0.15, 0.2) is 0 Å². The number of benzene rings is 2. The Hall–Kier alpha value is -3.30. The van der Waals surface area contributed by atoms with E-state index < -0.39 is 10.8 Å². The number of nitro benzene ring substituents is 1. The van der Waals surface area contributed by atoms with Gasteiger partial charge >= 0.3 is 0 Å². The van der Waals surface area contributed by atoms with Crippen LogP contribution in [0.3, 0.4) is 0 Å². The Morgan fingerprint density at radius 3 is 2.69 bits per heavy atom. The molecule has 2 aromatic carbocycles. The molecule has 4 rings (SSSR count). The number of pyridine rings is 1. The normalized spacial score (nSPS) is 10.8. The SMILES string of the molecule is CSc1ccc([N+](=O)[O-])c(C(=O)Nc2ccc(-c3nc4ccccc4s3)cn2)c1. The van der Waals surface area contributed by atoms with Crippen LogP contribution in [0.15, 0.2) is 65.7 Å². The fraction of sp³-hybridized carbons (Fsp3) is 0.0500. The predicted octanol–water partition coefficient (Wildman–Crippen LogP) is 5.24. The molecule has 1 N–H and O–H groups in total. The largest absolute Gasteiger partial charge is 0.306 e. The number of thiazole rings is 1. The van der Waals surface area contributed by atoms with Crippen molar-refractivity contribution in [2.24, 2.45) is 0 Å². The van der Waals surface area contributed by atoms with Crippen molar-refractivity contribution in [3.8, 4) is 10.6 Å². The molecule has 0 saturated heterocycles. The van der Waals surface area contributed by atoms with Gasteiger partial charge in [0.05, 0.1) is 15.1 Å². The number of hydrogen-bond acceptors (Lipinski definition) is 7. The number of carbonyl (C=O) groups is 1. The van der Waals surface area contributed by atoms with Crippen LogP contribution in [0.1, 0.15) is 10.4 Å². The van der Waals surface area contributed by atoms with E-state index in [1.54, 1.807) is 29.7 Å². The summed E-state index contributed by atoms with van der Waals surface area (Å²) in [6, 6.07) is 15.8. The Morgan fingerprint density at radius 1 is 1.17 bits per heavy atom. The molecule has 0 radical (unpaired) electrons. The first-order valence-corrected chi connectivity index (χ1v) is 10.5. The van der Waals surface area contributed by atoms with Crippen LogP contribution in [0.4, 0.5) is 11.5 Å². The standard InChI is InChI=1S/C20H14N4O3S2/c1-28-13-7-8-16(24(26)27)14(10-13)19(25)23-18-9-6-12(11-21-18)20-22-15-4-2-3-5-17(15)29-20/h2-11H,1H3,(H,21,23,25). The van der Waals surface area contributed by atoms with Crippen LogP contribution in [-0.2, 0) is 0 Å². The Labute approximate surface area is 174 Å². The summed E-state index contributed by atoms with van der Waals surface area (Å²) in [6.07, 6.45) is 3.46. The summed E-state index contributed by atoms with van der Waals surface area (Å²) < 4.78 is 1.08. The van der Waals surface area contributed by atoms with Gasteiger partial charge in [0.2, 0.25) is 0 Å². The quantitative estimate of drug-likeness (QED) is 0.268. The number of thioether (sulfide) groups is 1. The molecule has 7 nitrogen and oxygen atoms in total. The molecule has 2 heterocycles. The molecule has 0 aliphatic carbocycles. The van der Waals surface area contributed by atoms with E-state index in [9.17, 15) is 14.9 Å². The third kappa shape index (κ3) is 3.96. The van der Waals surface area contributed by atoms with Gasteiger partial charge in [-0.3, -0.25) is 14.9 Å². The summed E-state index contributed by atoms with van der Waals surface area (Å²) >= 11 is 2.96. The zero-order chi connectivity index (χ0) is 20.4. The summed E-state index contributed by atoms with van der Waals surface area (Å²) in [5.74, 6) is -0.267. The van der Waals surface area contributed by atoms with Crippen LogP contribution >= 0.6 is 23.1 Å². The van der Waals surface area contributed by atoms with Crippen LogP contribution in [0.2, 0.25) is 0 Å². The van der Waals surface area contributed by atoms with Crippen molar-refractivity contribution in [3.05, 3.63) is 76.5 Å². The number of fused-ring (bicyclic) bond motifs is 1. The van der Waals surface area contributed by atoms with Crippen LogP contribution in [0, 0.1) is 10.1 Å². The first-order valence-electron chi connectivity index (χ1n) is 8.51. The highest BCUT2D eigenvalue weighted by atomic mass is 32.2. The molecular weight excluding hydrogens is 408 g/mol. The number of aromatic nitrogens is 2. The fourth-order valence-electron chi connectivity index (χ4n) is 2.76.